The van der Waals surface area contributed by atoms with Crippen molar-refractivity contribution in [1.29, 1.82) is 0 Å². The van der Waals surface area contributed by atoms with Gasteiger partial charge in [0.05, 0.1) is 157 Å². The molecule has 0 aliphatic rings. The first kappa shape index (κ1) is 53.5. The zero-order valence-electron chi connectivity index (χ0n) is 34.9. The molecule has 15 heteroatoms. The van der Waals surface area contributed by atoms with Crippen LogP contribution in [0.2, 0.25) is 0 Å². The zero-order chi connectivity index (χ0) is 40.1. The fraction of sp³-hybridized carbons (Fsp3) is 0.950. The van der Waals surface area contributed by atoms with E-state index in [1.807, 2.05) is 13.8 Å². The first-order valence-corrected chi connectivity index (χ1v) is 20.8. The molecule has 0 N–H and O–H groups in total. The summed E-state index contributed by atoms with van der Waals surface area (Å²) in [5.74, 6) is -0.262. The van der Waals surface area contributed by atoms with E-state index in [0.29, 0.717) is 145 Å². The van der Waals surface area contributed by atoms with Crippen molar-refractivity contribution in [3.05, 3.63) is 0 Å². The number of hydrogen-bond acceptors (Lipinski definition) is 15. The van der Waals surface area contributed by atoms with E-state index in [0.717, 1.165) is 51.4 Å². The average Bonchev–Trinajstić information content (AvgIpc) is 3.19. The highest BCUT2D eigenvalue weighted by Gasteiger charge is 2.18. The van der Waals surface area contributed by atoms with Crippen molar-refractivity contribution in [1.82, 2.24) is 0 Å². The fourth-order valence-electron chi connectivity index (χ4n) is 4.82. The van der Waals surface area contributed by atoms with Crippen molar-refractivity contribution in [2.75, 3.05) is 159 Å². The number of rotatable bonds is 46. The topological polar surface area (TPSA) is 154 Å². The molecular weight excluding hydrogens is 720 g/mol. The summed E-state index contributed by atoms with van der Waals surface area (Å²) in [6, 6.07) is 0. The first-order chi connectivity index (χ1) is 27.1. The Labute approximate surface area is 332 Å². The maximum atomic E-state index is 12.0. The van der Waals surface area contributed by atoms with Crippen molar-refractivity contribution in [2.45, 2.75) is 79.1 Å². The van der Waals surface area contributed by atoms with E-state index in [4.69, 9.17) is 61.6 Å². The molecule has 0 saturated heterocycles. The number of carbonyl (C=O) groups is 2. The summed E-state index contributed by atoms with van der Waals surface area (Å²) in [5.41, 5.74) is 0. The molecule has 0 amide bonds. The summed E-state index contributed by atoms with van der Waals surface area (Å²) in [4.78, 5) is 24.1. The van der Waals surface area contributed by atoms with Gasteiger partial charge in [-0.15, -0.1) is 0 Å². The summed E-state index contributed by atoms with van der Waals surface area (Å²) >= 11 is 0. The number of carbonyl (C=O) groups excluding carboxylic acids is 2. The van der Waals surface area contributed by atoms with Gasteiger partial charge in [-0.05, 0) is 25.7 Å². The van der Waals surface area contributed by atoms with Gasteiger partial charge in [-0.2, -0.15) is 0 Å². The molecule has 0 radical (unpaired) electrons. The van der Waals surface area contributed by atoms with Gasteiger partial charge in [0, 0.05) is 0 Å². The highest BCUT2D eigenvalue weighted by molar-refractivity contribution is 5.72. The third-order valence-electron chi connectivity index (χ3n) is 8.13. The van der Waals surface area contributed by atoms with Crippen LogP contribution in [-0.2, 0) is 71.2 Å². The van der Waals surface area contributed by atoms with Gasteiger partial charge in [-0.1, -0.05) is 53.4 Å². The van der Waals surface area contributed by atoms with E-state index < -0.39 is 0 Å². The molecule has 0 aromatic carbocycles. The number of unbranched alkanes of at least 4 members (excludes halogenated alkanes) is 2. The lowest BCUT2D eigenvalue weighted by molar-refractivity contribution is -0.151. The number of esters is 2. The van der Waals surface area contributed by atoms with Crippen molar-refractivity contribution >= 4 is 11.9 Å². The summed E-state index contributed by atoms with van der Waals surface area (Å²) in [6.07, 6.45) is 7.64. The normalized spacial score (nSPS) is 12.6. The van der Waals surface area contributed by atoms with Crippen LogP contribution in [-0.4, -0.2) is 171 Å². The van der Waals surface area contributed by atoms with E-state index in [1.54, 1.807) is 0 Å². The van der Waals surface area contributed by atoms with Crippen molar-refractivity contribution in [2.24, 2.45) is 11.8 Å². The second-order valence-corrected chi connectivity index (χ2v) is 12.6. The van der Waals surface area contributed by atoms with Crippen molar-refractivity contribution in [3.8, 4) is 0 Å². The van der Waals surface area contributed by atoms with Gasteiger partial charge >= 0.3 is 11.9 Å². The Bertz CT molecular complexity index is 730. The van der Waals surface area contributed by atoms with Crippen molar-refractivity contribution in [3.63, 3.8) is 0 Å². The fourth-order valence-corrected chi connectivity index (χ4v) is 4.82. The van der Waals surface area contributed by atoms with Gasteiger partial charge in [0.15, 0.2) is 0 Å². The van der Waals surface area contributed by atoms with Crippen LogP contribution < -0.4 is 0 Å². The van der Waals surface area contributed by atoms with Gasteiger partial charge in [0.2, 0.25) is 0 Å². The maximum absolute atomic E-state index is 12.0. The molecule has 0 fully saturated rings. The van der Waals surface area contributed by atoms with Crippen molar-refractivity contribution < 1.29 is 71.2 Å². The Balaban J connectivity index is 3.20. The molecule has 0 aliphatic heterocycles. The molecule has 0 bridgehead atoms. The Kier molecular flexibility index (Phi) is 44.0. The molecule has 0 aromatic rings. The SMILES string of the molecule is CCCCC(CC)C(=O)OCCOCCOCCOCCOCCOCCOCCOCCOCCOCCOCCOCCOC(=O)C(CC)CCCC. The molecule has 0 aromatic heterocycles. The first-order valence-electron chi connectivity index (χ1n) is 20.8. The Morgan fingerprint density at radius 2 is 0.491 bits per heavy atom. The minimum atomic E-state index is -0.123. The maximum Gasteiger partial charge on any atom is 0.308 e. The molecule has 0 heterocycles. The lowest BCUT2D eigenvalue weighted by atomic mass is 10.00. The van der Waals surface area contributed by atoms with Gasteiger partial charge in [0.25, 0.3) is 0 Å². The molecular formula is C40H78O15. The van der Waals surface area contributed by atoms with Gasteiger partial charge < -0.3 is 61.6 Å². The van der Waals surface area contributed by atoms with Gasteiger partial charge in [0.1, 0.15) is 13.2 Å². The quantitative estimate of drug-likeness (QED) is 0.0618. The molecule has 0 spiro atoms. The zero-order valence-corrected chi connectivity index (χ0v) is 34.9. The Morgan fingerprint density at radius 3 is 0.655 bits per heavy atom. The second-order valence-electron chi connectivity index (χ2n) is 12.6. The van der Waals surface area contributed by atoms with E-state index >= 15 is 0 Å². The molecule has 15 nitrogen and oxygen atoms in total. The highest BCUT2D eigenvalue weighted by Crippen LogP contribution is 2.15. The summed E-state index contributed by atoms with van der Waals surface area (Å²) in [5, 5.41) is 0. The van der Waals surface area contributed by atoms with E-state index in [2.05, 4.69) is 13.8 Å². The van der Waals surface area contributed by atoms with Crippen LogP contribution >= 0.6 is 0 Å². The third-order valence-corrected chi connectivity index (χ3v) is 8.13. The lowest BCUT2D eigenvalue weighted by Crippen LogP contribution is -2.20. The minimum absolute atomic E-state index is 0.00796. The van der Waals surface area contributed by atoms with Gasteiger partial charge in [-0.25, -0.2) is 0 Å². The molecule has 2 unspecified atom stereocenters. The second kappa shape index (κ2) is 45.2. The predicted octanol–water partition coefficient (Wildman–Crippen LogP) is 4.69. The summed E-state index contributed by atoms with van der Waals surface area (Å²) < 4.78 is 70.9. The van der Waals surface area contributed by atoms with Crippen LogP contribution in [0.3, 0.4) is 0 Å². The monoisotopic (exact) mass is 799 g/mol. The Hall–Kier alpha value is -1.50. The average molecular weight is 799 g/mol. The summed E-state index contributed by atoms with van der Waals surface area (Å²) in [7, 11) is 0. The van der Waals surface area contributed by atoms with Gasteiger partial charge in [-0.3, -0.25) is 9.59 Å². The van der Waals surface area contributed by atoms with E-state index in [-0.39, 0.29) is 37.0 Å². The highest BCUT2D eigenvalue weighted by atomic mass is 16.6. The van der Waals surface area contributed by atoms with Crippen LogP contribution in [0.25, 0.3) is 0 Å². The van der Waals surface area contributed by atoms with E-state index in [1.165, 1.54) is 0 Å². The summed E-state index contributed by atoms with van der Waals surface area (Å²) in [6.45, 7) is 19.2. The van der Waals surface area contributed by atoms with Crippen LogP contribution in [0, 0.1) is 11.8 Å². The number of hydrogen-bond donors (Lipinski definition) is 0. The van der Waals surface area contributed by atoms with Crippen LogP contribution in [0.5, 0.6) is 0 Å². The minimum Gasteiger partial charge on any atom is -0.463 e. The largest absolute Gasteiger partial charge is 0.463 e. The van der Waals surface area contributed by atoms with Crippen LogP contribution in [0.4, 0.5) is 0 Å². The standard InChI is InChI=1S/C40H78O15/c1-5-9-11-37(7-3)39(41)54-35-33-52-31-29-50-27-25-48-23-21-46-19-17-44-15-13-43-14-16-45-18-20-47-22-24-49-26-28-51-30-32-53-34-36-55-40(42)38(8-4)12-10-6-2/h37-38H,5-36H2,1-4H3. The molecule has 55 heavy (non-hydrogen) atoms. The molecule has 328 valence electrons. The molecule has 2 atom stereocenters. The van der Waals surface area contributed by atoms with Crippen LogP contribution in [0.15, 0.2) is 0 Å². The number of ether oxygens (including phenoxy) is 13. The van der Waals surface area contributed by atoms with E-state index in [9.17, 15) is 9.59 Å². The lowest BCUT2D eigenvalue weighted by Gasteiger charge is -2.13. The predicted molar refractivity (Wildman–Crippen MR) is 208 cm³/mol. The molecule has 0 rings (SSSR count). The Morgan fingerprint density at radius 1 is 0.309 bits per heavy atom. The third kappa shape index (κ3) is 39.1. The smallest absolute Gasteiger partial charge is 0.308 e. The molecule has 0 aliphatic carbocycles. The molecule has 0 saturated carbocycles. The van der Waals surface area contributed by atoms with Crippen LogP contribution in [0.1, 0.15) is 79.1 Å².